The quantitative estimate of drug-likeness (QED) is 0.822. The van der Waals surface area contributed by atoms with Crippen LogP contribution >= 0.6 is 0 Å². The molecule has 0 spiro atoms. The molecule has 0 unspecified atom stereocenters. The second-order valence-electron chi connectivity index (χ2n) is 4.44. The summed E-state index contributed by atoms with van der Waals surface area (Å²) in [6.45, 7) is 1.54. The molecule has 0 amide bonds. The summed E-state index contributed by atoms with van der Waals surface area (Å²) in [5, 5.41) is 8.54. The van der Waals surface area contributed by atoms with Crippen LogP contribution in [0, 0.1) is 0 Å². The van der Waals surface area contributed by atoms with Gasteiger partial charge in [-0.25, -0.2) is 14.8 Å². The number of carboxylic acids is 1. The van der Waals surface area contributed by atoms with Crippen LogP contribution in [-0.2, 0) is 9.53 Å². The fraction of sp³-hybridized carbons (Fsp3) is 0.462. The molecule has 1 saturated heterocycles. The van der Waals surface area contributed by atoms with E-state index in [9.17, 15) is 4.79 Å². The summed E-state index contributed by atoms with van der Waals surface area (Å²) in [4.78, 5) is 21.0. The van der Waals surface area contributed by atoms with Crippen molar-refractivity contribution in [1.82, 2.24) is 9.97 Å². The zero-order valence-electron chi connectivity index (χ0n) is 10.8. The molecule has 2 rings (SSSR count). The number of hydrogen-bond donors (Lipinski definition) is 1. The topological polar surface area (TPSA) is 75.6 Å². The summed E-state index contributed by atoms with van der Waals surface area (Å²) in [6, 6.07) is 0.397. The molecule has 0 radical (unpaired) electrons. The van der Waals surface area contributed by atoms with Crippen molar-refractivity contribution in [2.75, 3.05) is 25.2 Å². The van der Waals surface area contributed by atoms with Crippen LogP contribution in [0.3, 0.4) is 0 Å². The normalized spacial score (nSPS) is 16.7. The molecule has 0 aromatic carbocycles. The molecule has 1 aromatic heterocycles. The van der Waals surface area contributed by atoms with Crippen molar-refractivity contribution in [3.8, 4) is 0 Å². The Balaban J connectivity index is 2.02. The number of nitrogens with zero attached hydrogens (tertiary/aromatic N) is 3. The molecule has 1 aliphatic heterocycles. The zero-order valence-corrected chi connectivity index (χ0v) is 10.8. The minimum absolute atomic E-state index is 0.397. The van der Waals surface area contributed by atoms with E-state index in [1.807, 2.05) is 11.9 Å². The number of aliphatic carboxylic acids is 1. The molecule has 1 aliphatic rings. The van der Waals surface area contributed by atoms with Crippen molar-refractivity contribution in [2.45, 2.75) is 18.9 Å². The lowest BCUT2D eigenvalue weighted by molar-refractivity contribution is -0.131. The monoisotopic (exact) mass is 263 g/mol. The second kappa shape index (κ2) is 6.29. The summed E-state index contributed by atoms with van der Waals surface area (Å²) >= 11 is 0. The van der Waals surface area contributed by atoms with Crippen molar-refractivity contribution in [3.63, 3.8) is 0 Å². The van der Waals surface area contributed by atoms with Gasteiger partial charge in [0.05, 0.1) is 0 Å². The Kier molecular flexibility index (Phi) is 4.46. The van der Waals surface area contributed by atoms with Crippen molar-refractivity contribution >= 4 is 18.0 Å². The van der Waals surface area contributed by atoms with Crippen LogP contribution in [0.25, 0.3) is 6.08 Å². The first-order valence-corrected chi connectivity index (χ1v) is 6.20. The number of rotatable bonds is 4. The third-order valence-corrected chi connectivity index (χ3v) is 3.13. The predicted molar refractivity (Wildman–Crippen MR) is 70.9 cm³/mol. The number of carboxylic acid groups (broad SMARTS) is 1. The van der Waals surface area contributed by atoms with E-state index in [1.165, 1.54) is 6.08 Å². The fourth-order valence-electron chi connectivity index (χ4n) is 2.00. The summed E-state index contributed by atoms with van der Waals surface area (Å²) in [5.74, 6) is -0.331. The number of aromatic nitrogens is 2. The minimum atomic E-state index is -0.983. The lowest BCUT2D eigenvalue weighted by atomic mass is 10.1. The second-order valence-corrected chi connectivity index (χ2v) is 4.44. The fourth-order valence-corrected chi connectivity index (χ4v) is 2.00. The molecule has 6 heteroatoms. The number of anilines is 1. The molecule has 1 aromatic rings. The number of hydrogen-bond acceptors (Lipinski definition) is 5. The van der Waals surface area contributed by atoms with Crippen LogP contribution in [-0.4, -0.2) is 47.3 Å². The van der Waals surface area contributed by atoms with Crippen LogP contribution in [0.15, 0.2) is 18.5 Å². The summed E-state index contributed by atoms with van der Waals surface area (Å²) in [6.07, 6.45) is 7.73. The van der Waals surface area contributed by atoms with Crippen LogP contribution in [0.5, 0.6) is 0 Å². The van der Waals surface area contributed by atoms with Gasteiger partial charge >= 0.3 is 5.97 Å². The lowest BCUT2D eigenvalue weighted by Gasteiger charge is -2.31. The molecule has 0 bridgehead atoms. The first-order chi connectivity index (χ1) is 9.16. The van der Waals surface area contributed by atoms with Gasteiger partial charge in [-0.05, 0) is 18.9 Å². The van der Waals surface area contributed by atoms with E-state index in [-0.39, 0.29) is 0 Å². The zero-order chi connectivity index (χ0) is 13.7. The van der Waals surface area contributed by atoms with E-state index < -0.39 is 5.97 Å². The van der Waals surface area contributed by atoms with Gasteiger partial charge in [0, 0.05) is 50.3 Å². The molecule has 0 atom stereocenters. The summed E-state index contributed by atoms with van der Waals surface area (Å²) in [7, 11) is 1.97. The van der Waals surface area contributed by atoms with E-state index in [4.69, 9.17) is 9.84 Å². The highest BCUT2D eigenvalue weighted by molar-refractivity contribution is 5.85. The predicted octanol–water partition coefficient (Wildman–Crippen LogP) is 1.19. The largest absolute Gasteiger partial charge is 0.478 e. The minimum Gasteiger partial charge on any atom is -0.478 e. The molecule has 0 saturated carbocycles. The Morgan fingerprint density at radius 3 is 2.63 bits per heavy atom. The summed E-state index contributed by atoms with van der Waals surface area (Å²) < 4.78 is 5.33. The Morgan fingerprint density at radius 2 is 2.05 bits per heavy atom. The molecule has 6 nitrogen and oxygen atoms in total. The van der Waals surface area contributed by atoms with E-state index in [2.05, 4.69) is 9.97 Å². The van der Waals surface area contributed by atoms with Gasteiger partial charge in [0.25, 0.3) is 0 Å². The first kappa shape index (κ1) is 13.5. The van der Waals surface area contributed by atoms with Crippen molar-refractivity contribution in [2.24, 2.45) is 0 Å². The molecule has 102 valence electrons. The van der Waals surface area contributed by atoms with Gasteiger partial charge in [0.15, 0.2) is 0 Å². The van der Waals surface area contributed by atoms with Gasteiger partial charge in [0.2, 0.25) is 5.95 Å². The van der Waals surface area contributed by atoms with E-state index in [0.29, 0.717) is 17.6 Å². The van der Waals surface area contributed by atoms with Gasteiger partial charge < -0.3 is 14.7 Å². The Hall–Kier alpha value is -1.95. The summed E-state index contributed by atoms with van der Waals surface area (Å²) in [5.41, 5.74) is 0.673. The van der Waals surface area contributed by atoms with Gasteiger partial charge in [0.1, 0.15) is 0 Å². The Labute approximate surface area is 111 Å². The lowest BCUT2D eigenvalue weighted by Crippen LogP contribution is -2.37. The Morgan fingerprint density at radius 1 is 1.42 bits per heavy atom. The average Bonchev–Trinajstić information content (AvgIpc) is 2.46. The van der Waals surface area contributed by atoms with Crippen LogP contribution in [0.4, 0.5) is 5.95 Å². The molecular formula is C13H17N3O3. The maximum absolute atomic E-state index is 10.4. The number of carbonyl (C=O) groups is 1. The van der Waals surface area contributed by atoms with Crippen LogP contribution in [0.1, 0.15) is 18.4 Å². The first-order valence-electron chi connectivity index (χ1n) is 6.20. The van der Waals surface area contributed by atoms with Crippen molar-refractivity contribution in [3.05, 3.63) is 24.0 Å². The highest BCUT2D eigenvalue weighted by Crippen LogP contribution is 2.17. The standard InChI is InChI=1S/C13H17N3O3/c1-16(11-4-6-19-7-5-11)13-14-8-10(9-15-13)2-3-12(17)18/h2-3,8-9,11H,4-7H2,1H3,(H,17,18)/b3-2+. The van der Waals surface area contributed by atoms with E-state index in [0.717, 1.165) is 32.1 Å². The molecule has 0 aliphatic carbocycles. The van der Waals surface area contributed by atoms with Crippen LogP contribution < -0.4 is 4.90 Å². The maximum Gasteiger partial charge on any atom is 0.328 e. The molecule has 1 fully saturated rings. The third kappa shape index (κ3) is 3.75. The Bertz CT molecular complexity index is 453. The number of ether oxygens (including phenoxy) is 1. The molecule has 2 heterocycles. The van der Waals surface area contributed by atoms with Gasteiger partial charge in [-0.15, -0.1) is 0 Å². The SMILES string of the molecule is CN(c1ncc(/C=C/C(=O)O)cn1)C1CCOCC1. The highest BCUT2D eigenvalue weighted by Gasteiger charge is 2.20. The molecule has 19 heavy (non-hydrogen) atoms. The highest BCUT2D eigenvalue weighted by atomic mass is 16.5. The van der Waals surface area contributed by atoms with Gasteiger partial charge in [-0.3, -0.25) is 0 Å². The maximum atomic E-state index is 10.4. The van der Waals surface area contributed by atoms with E-state index in [1.54, 1.807) is 12.4 Å². The van der Waals surface area contributed by atoms with Crippen molar-refractivity contribution < 1.29 is 14.6 Å². The van der Waals surface area contributed by atoms with Gasteiger partial charge in [-0.2, -0.15) is 0 Å². The smallest absolute Gasteiger partial charge is 0.328 e. The van der Waals surface area contributed by atoms with E-state index >= 15 is 0 Å². The third-order valence-electron chi connectivity index (χ3n) is 3.13. The molecule has 1 N–H and O–H groups in total. The van der Waals surface area contributed by atoms with Crippen molar-refractivity contribution in [1.29, 1.82) is 0 Å². The average molecular weight is 263 g/mol. The van der Waals surface area contributed by atoms with Crippen LogP contribution in [0.2, 0.25) is 0 Å². The molecular weight excluding hydrogens is 246 g/mol. The van der Waals surface area contributed by atoms with Gasteiger partial charge in [-0.1, -0.05) is 0 Å².